The number of aromatic nitrogens is 3. The van der Waals surface area contributed by atoms with E-state index in [9.17, 15) is 4.79 Å². The number of hydrogen-bond donors (Lipinski definition) is 2. The zero-order chi connectivity index (χ0) is 14.3. The highest BCUT2D eigenvalue weighted by Gasteiger charge is 2.32. The Kier molecular flexibility index (Phi) is 6.17. The van der Waals surface area contributed by atoms with Gasteiger partial charge in [-0.05, 0) is 38.8 Å². The van der Waals surface area contributed by atoms with E-state index in [1.54, 1.807) is 6.20 Å². The molecule has 3 N–H and O–H groups in total. The van der Waals surface area contributed by atoms with Gasteiger partial charge in [-0.25, -0.2) is 4.98 Å². The number of carbonyl (C=O) groups excluding carboxylic acids is 1. The number of H-pyrrole nitrogens is 1. The van der Waals surface area contributed by atoms with Gasteiger partial charge in [0.1, 0.15) is 0 Å². The topological polar surface area (TPSA) is 87.9 Å². The fourth-order valence-electron chi connectivity index (χ4n) is 2.90. The maximum Gasteiger partial charge on any atom is 0.255 e. The molecule has 0 spiro atoms. The smallest absolute Gasteiger partial charge is 0.255 e. The molecular weight excluding hydrogens is 325 g/mol. The van der Waals surface area contributed by atoms with Gasteiger partial charge >= 0.3 is 0 Å². The number of pyridine rings is 1. The van der Waals surface area contributed by atoms with Crippen LogP contribution in [0.5, 0.6) is 0 Å². The summed E-state index contributed by atoms with van der Waals surface area (Å²) in [5, 5.41) is 7.86. The first kappa shape index (κ1) is 18.7. The van der Waals surface area contributed by atoms with Crippen LogP contribution in [0, 0.1) is 12.8 Å². The van der Waals surface area contributed by atoms with Crippen LogP contribution in [-0.2, 0) is 0 Å². The molecule has 2 aromatic heterocycles. The molecule has 1 aliphatic rings. The number of rotatable bonds is 2. The summed E-state index contributed by atoms with van der Waals surface area (Å²) in [6, 6.07) is 2.10. The van der Waals surface area contributed by atoms with Crippen molar-refractivity contribution in [3.8, 4) is 0 Å². The van der Waals surface area contributed by atoms with Crippen LogP contribution in [0.15, 0.2) is 12.3 Å². The maximum atomic E-state index is 12.6. The summed E-state index contributed by atoms with van der Waals surface area (Å²) in [5.41, 5.74) is 7.91. The molecule has 122 valence electrons. The number of nitrogens with one attached hydrogen (secondary N) is 1. The number of nitrogens with two attached hydrogens (primary N) is 1. The SMILES string of the molecule is Cc1[nH]nc2ncc(C(=O)N3CC(CN)CC3C)cc12.Cl.Cl. The van der Waals surface area contributed by atoms with E-state index >= 15 is 0 Å². The summed E-state index contributed by atoms with van der Waals surface area (Å²) in [7, 11) is 0. The number of nitrogens with zero attached hydrogens (tertiary/aromatic N) is 3. The number of hydrogen-bond acceptors (Lipinski definition) is 4. The fraction of sp³-hybridized carbons (Fsp3) is 0.500. The van der Waals surface area contributed by atoms with Crippen LogP contribution in [0.4, 0.5) is 0 Å². The number of likely N-dealkylation sites (tertiary alicyclic amines) is 1. The molecule has 0 bridgehead atoms. The van der Waals surface area contributed by atoms with Crippen LogP contribution in [-0.4, -0.2) is 45.1 Å². The van der Waals surface area contributed by atoms with Gasteiger partial charge in [0.05, 0.1) is 5.56 Å². The third-order valence-corrected chi connectivity index (χ3v) is 4.10. The largest absolute Gasteiger partial charge is 0.336 e. The zero-order valence-corrected chi connectivity index (χ0v) is 14.2. The second-order valence-corrected chi connectivity index (χ2v) is 5.59. The van der Waals surface area contributed by atoms with Gasteiger partial charge in [-0.3, -0.25) is 9.89 Å². The molecule has 1 saturated heterocycles. The minimum atomic E-state index is 0. The van der Waals surface area contributed by atoms with Crippen molar-refractivity contribution in [1.29, 1.82) is 0 Å². The number of halogens is 2. The number of carbonyl (C=O) groups is 1. The Labute approximate surface area is 141 Å². The molecule has 2 unspecified atom stereocenters. The minimum absolute atomic E-state index is 0. The quantitative estimate of drug-likeness (QED) is 0.870. The maximum absolute atomic E-state index is 12.6. The van der Waals surface area contributed by atoms with Crippen molar-refractivity contribution in [2.45, 2.75) is 26.3 Å². The van der Waals surface area contributed by atoms with Crippen LogP contribution in [0.1, 0.15) is 29.4 Å². The van der Waals surface area contributed by atoms with Crippen molar-refractivity contribution < 1.29 is 4.79 Å². The van der Waals surface area contributed by atoms with Crippen LogP contribution >= 0.6 is 24.8 Å². The lowest BCUT2D eigenvalue weighted by atomic mass is 10.1. The van der Waals surface area contributed by atoms with Crippen molar-refractivity contribution in [3.05, 3.63) is 23.5 Å². The van der Waals surface area contributed by atoms with Gasteiger partial charge in [0.25, 0.3) is 5.91 Å². The van der Waals surface area contributed by atoms with Gasteiger partial charge in [-0.15, -0.1) is 24.8 Å². The molecule has 1 aliphatic heterocycles. The minimum Gasteiger partial charge on any atom is -0.336 e. The van der Waals surface area contributed by atoms with Crippen LogP contribution in [0.3, 0.4) is 0 Å². The van der Waals surface area contributed by atoms with Crippen molar-refractivity contribution in [2.75, 3.05) is 13.1 Å². The summed E-state index contributed by atoms with van der Waals surface area (Å²) >= 11 is 0. The summed E-state index contributed by atoms with van der Waals surface area (Å²) in [6.45, 7) is 5.36. The highest BCUT2D eigenvalue weighted by Crippen LogP contribution is 2.25. The van der Waals surface area contributed by atoms with Crippen molar-refractivity contribution >= 4 is 41.8 Å². The van der Waals surface area contributed by atoms with Crippen LogP contribution in [0.25, 0.3) is 11.0 Å². The lowest BCUT2D eigenvalue weighted by Crippen LogP contribution is -2.34. The van der Waals surface area contributed by atoms with Gasteiger partial charge < -0.3 is 10.6 Å². The van der Waals surface area contributed by atoms with Gasteiger partial charge in [0, 0.05) is 29.9 Å². The van der Waals surface area contributed by atoms with Gasteiger partial charge in [0.15, 0.2) is 5.65 Å². The van der Waals surface area contributed by atoms with Crippen LogP contribution < -0.4 is 5.73 Å². The van der Waals surface area contributed by atoms with E-state index in [4.69, 9.17) is 5.73 Å². The Hall–Kier alpha value is -1.37. The number of amides is 1. The molecule has 1 amide bonds. The second-order valence-electron chi connectivity index (χ2n) is 5.59. The molecule has 6 nitrogen and oxygen atoms in total. The first-order valence-electron chi connectivity index (χ1n) is 6.92. The van der Waals surface area contributed by atoms with E-state index in [1.165, 1.54) is 0 Å². The number of aromatic amines is 1. The highest BCUT2D eigenvalue weighted by atomic mass is 35.5. The van der Waals surface area contributed by atoms with Gasteiger partial charge in [0.2, 0.25) is 0 Å². The predicted octanol–water partition coefficient (Wildman–Crippen LogP) is 1.92. The molecule has 0 aliphatic carbocycles. The first-order valence-corrected chi connectivity index (χ1v) is 6.92. The lowest BCUT2D eigenvalue weighted by Gasteiger charge is -2.21. The second kappa shape index (κ2) is 7.26. The Morgan fingerprint density at radius 1 is 1.50 bits per heavy atom. The highest BCUT2D eigenvalue weighted by molar-refractivity contribution is 5.97. The monoisotopic (exact) mass is 345 g/mol. The number of fused-ring (bicyclic) bond motifs is 1. The third-order valence-electron chi connectivity index (χ3n) is 4.10. The summed E-state index contributed by atoms with van der Waals surface area (Å²) < 4.78 is 0. The van der Waals surface area contributed by atoms with Crippen molar-refractivity contribution in [1.82, 2.24) is 20.1 Å². The summed E-state index contributed by atoms with van der Waals surface area (Å²) in [4.78, 5) is 18.8. The van der Waals surface area contributed by atoms with E-state index < -0.39 is 0 Å². The molecular formula is C14H21Cl2N5O. The molecule has 8 heteroatoms. The average molecular weight is 346 g/mol. The van der Waals surface area contributed by atoms with Gasteiger partial charge in [-0.1, -0.05) is 0 Å². The number of aryl methyl sites for hydroxylation is 1. The van der Waals surface area contributed by atoms with E-state index in [0.717, 1.165) is 24.0 Å². The molecule has 1 fully saturated rings. The normalized spacial score (nSPS) is 20.6. The Bertz CT molecular complexity index is 660. The van der Waals surface area contributed by atoms with E-state index in [1.807, 2.05) is 17.9 Å². The first-order chi connectivity index (χ1) is 9.60. The lowest BCUT2D eigenvalue weighted by molar-refractivity contribution is 0.0743. The average Bonchev–Trinajstić information content (AvgIpc) is 3.01. The van der Waals surface area contributed by atoms with Gasteiger partial charge in [-0.2, -0.15) is 5.10 Å². The Morgan fingerprint density at radius 3 is 2.86 bits per heavy atom. The molecule has 22 heavy (non-hydrogen) atoms. The van der Waals surface area contributed by atoms with Crippen molar-refractivity contribution in [2.24, 2.45) is 11.7 Å². The Morgan fingerprint density at radius 2 is 2.23 bits per heavy atom. The molecule has 2 aromatic rings. The molecule has 3 heterocycles. The fourth-order valence-corrected chi connectivity index (χ4v) is 2.90. The molecule has 0 aromatic carbocycles. The molecule has 0 saturated carbocycles. The molecule has 0 radical (unpaired) electrons. The third kappa shape index (κ3) is 3.19. The van der Waals surface area contributed by atoms with Crippen LogP contribution in [0.2, 0.25) is 0 Å². The summed E-state index contributed by atoms with van der Waals surface area (Å²) in [5.74, 6) is 0.435. The van der Waals surface area contributed by atoms with E-state index in [2.05, 4.69) is 22.1 Å². The van der Waals surface area contributed by atoms with E-state index in [0.29, 0.717) is 23.7 Å². The zero-order valence-electron chi connectivity index (χ0n) is 12.6. The van der Waals surface area contributed by atoms with Crippen molar-refractivity contribution in [3.63, 3.8) is 0 Å². The van der Waals surface area contributed by atoms with E-state index in [-0.39, 0.29) is 36.8 Å². The molecule has 2 atom stereocenters. The summed E-state index contributed by atoms with van der Waals surface area (Å²) in [6.07, 6.45) is 2.58. The predicted molar refractivity (Wildman–Crippen MR) is 90.8 cm³/mol. The molecule has 3 rings (SSSR count). The Balaban J connectivity index is 0.00000121. The standard InChI is InChI=1S/C14H19N5O.2ClH/c1-8-3-10(5-15)7-19(8)14(20)11-4-12-9(2)17-18-13(12)16-6-11;;/h4,6,8,10H,3,5,7,15H2,1-2H3,(H,16,17,18);2*1H.